The van der Waals surface area contributed by atoms with Gasteiger partial charge in [0.2, 0.25) is 12.4 Å². The normalized spacial score (nSPS) is 19.3. The Morgan fingerprint density at radius 2 is 2.23 bits per heavy atom. The van der Waals surface area contributed by atoms with Crippen LogP contribution in [0.4, 0.5) is 10.2 Å². The second-order valence-corrected chi connectivity index (χ2v) is 8.68. The number of hydrogen-bond donors (Lipinski definition) is 2. The zero-order chi connectivity index (χ0) is 21.7. The van der Waals surface area contributed by atoms with Crippen LogP contribution in [0.2, 0.25) is 0 Å². The summed E-state index contributed by atoms with van der Waals surface area (Å²) in [6, 6.07) is 5.31. The molecule has 2 aromatic rings. The molecule has 1 aliphatic heterocycles. The van der Waals surface area contributed by atoms with Crippen molar-refractivity contribution in [3.8, 4) is 17.3 Å². The summed E-state index contributed by atoms with van der Waals surface area (Å²) in [7, 11) is 0. The minimum atomic E-state index is -0.525. The molecule has 4 rings (SSSR count). The summed E-state index contributed by atoms with van der Waals surface area (Å²) < 4.78 is 14.1. The predicted molar refractivity (Wildman–Crippen MR) is 113 cm³/mol. The molecule has 1 fully saturated rings. The lowest BCUT2D eigenvalue weighted by Gasteiger charge is -2.29. The van der Waals surface area contributed by atoms with E-state index in [0.717, 1.165) is 49.0 Å². The number of nitriles is 1. The fourth-order valence-electron chi connectivity index (χ4n) is 4.00. The molecule has 1 saturated heterocycles. The van der Waals surface area contributed by atoms with Gasteiger partial charge in [-0.15, -0.1) is 0 Å². The molecule has 7 nitrogen and oxygen atoms in total. The number of rotatable bonds is 4. The second-order valence-electron chi connectivity index (χ2n) is 8.68. The smallest absolute Gasteiger partial charge is 0.215 e. The molecule has 0 saturated carbocycles. The largest absolute Gasteiger partial charge is 0.365 e. The van der Waals surface area contributed by atoms with Gasteiger partial charge in [-0.2, -0.15) is 14.8 Å². The third-order valence-corrected chi connectivity index (χ3v) is 5.61. The fraction of sp³-hybridized carbons (Fsp3) is 0.545. The van der Waals surface area contributed by atoms with Gasteiger partial charge in [-0.1, -0.05) is 20.8 Å². The third-order valence-electron chi connectivity index (χ3n) is 5.61. The molecule has 160 valence electrons. The van der Waals surface area contributed by atoms with E-state index in [1.54, 1.807) is 4.90 Å². The number of H-pyrrole nitrogens is 1. The molecular weight excluding hydrogens is 383 g/mol. The van der Waals surface area contributed by atoms with E-state index >= 15 is 0 Å². The summed E-state index contributed by atoms with van der Waals surface area (Å²) in [6.07, 6.45) is 5.30. The first-order valence-corrected chi connectivity index (χ1v) is 10.4. The van der Waals surface area contributed by atoms with E-state index in [2.05, 4.69) is 34.3 Å². The lowest BCUT2D eigenvalue weighted by atomic mass is 9.76. The molecule has 2 aromatic heterocycles. The van der Waals surface area contributed by atoms with Gasteiger partial charge in [-0.05, 0) is 37.2 Å². The van der Waals surface area contributed by atoms with Crippen LogP contribution < -0.4 is 5.32 Å². The van der Waals surface area contributed by atoms with Crippen LogP contribution in [-0.2, 0) is 17.6 Å². The first kappa shape index (κ1) is 21.8. The minimum Gasteiger partial charge on any atom is -0.365 e. The number of pyridine rings is 1. The number of aromatic nitrogens is 3. The zero-order valence-corrected chi connectivity index (χ0v) is 17.8. The standard InChI is InChI=1S/C19H24FN5O.C3H5N/c1-19(2)5-3-14-15(9-19)23-24-18(14)12-7-16(20)22-17(8-12)21-13-4-6-25(10-13)11-26;1-2-3-4/h7-8,11,13H,3-6,9-10H2,1-2H3,(H,21,22)(H,23,24);2H2,1H3. The predicted octanol–water partition coefficient (Wildman–Crippen LogP) is 3.69. The van der Waals surface area contributed by atoms with Gasteiger partial charge in [0.05, 0.1) is 11.8 Å². The van der Waals surface area contributed by atoms with Gasteiger partial charge in [-0.3, -0.25) is 9.89 Å². The fourth-order valence-corrected chi connectivity index (χ4v) is 4.00. The van der Waals surface area contributed by atoms with Crippen LogP contribution in [-0.4, -0.2) is 45.6 Å². The topological polar surface area (TPSA) is 97.7 Å². The van der Waals surface area contributed by atoms with Crippen molar-refractivity contribution in [2.75, 3.05) is 18.4 Å². The van der Waals surface area contributed by atoms with E-state index in [4.69, 9.17) is 5.26 Å². The van der Waals surface area contributed by atoms with Gasteiger partial charge in [0.15, 0.2) is 0 Å². The number of amides is 1. The van der Waals surface area contributed by atoms with Crippen molar-refractivity contribution in [2.45, 2.75) is 58.9 Å². The number of carbonyl (C=O) groups is 1. The molecule has 3 heterocycles. The average Bonchev–Trinajstić information content (AvgIpc) is 3.33. The Balaban J connectivity index is 0.000000589. The average molecular weight is 413 g/mol. The summed E-state index contributed by atoms with van der Waals surface area (Å²) >= 11 is 0. The highest BCUT2D eigenvalue weighted by atomic mass is 19.1. The highest BCUT2D eigenvalue weighted by molar-refractivity contribution is 5.67. The lowest BCUT2D eigenvalue weighted by Crippen LogP contribution is -2.25. The molecule has 2 N–H and O–H groups in total. The van der Waals surface area contributed by atoms with Crippen LogP contribution in [0.3, 0.4) is 0 Å². The van der Waals surface area contributed by atoms with Crippen LogP contribution in [0.5, 0.6) is 0 Å². The maximum atomic E-state index is 14.1. The zero-order valence-electron chi connectivity index (χ0n) is 17.8. The van der Waals surface area contributed by atoms with Gasteiger partial charge >= 0.3 is 0 Å². The number of aromatic amines is 1. The molecule has 0 bridgehead atoms. The highest BCUT2D eigenvalue weighted by Crippen LogP contribution is 2.38. The van der Waals surface area contributed by atoms with E-state index in [9.17, 15) is 9.18 Å². The van der Waals surface area contributed by atoms with Crippen molar-refractivity contribution in [3.63, 3.8) is 0 Å². The molecule has 0 radical (unpaired) electrons. The Bertz CT molecular complexity index is 932. The Kier molecular flexibility index (Phi) is 6.70. The van der Waals surface area contributed by atoms with E-state index in [-0.39, 0.29) is 11.5 Å². The minimum absolute atomic E-state index is 0.0937. The SMILES string of the molecule is CC1(C)CCc2c(-c3cc(F)nc(NC4CCN(C=O)C4)c3)n[nH]c2C1.CCC#N. The number of fused-ring (bicyclic) bond motifs is 1. The molecule has 0 aromatic carbocycles. The summed E-state index contributed by atoms with van der Waals surface area (Å²) in [5.74, 6) is -0.0335. The lowest BCUT2D eigenvalue weighted by molar-refractivity contribution is -0.117. The molecule has 1 aliphatic carbocycles. The van der Waals surface area contributed by atoms with Crippen LogP contribution in [0.25, 0.3) is 11.3 Å². The first-order valence-electron chi connectivity index (χ1n) is 10.4. The summed E-state index contributed by atoms with van der Waals surface area (Å²) in [5.41, 5.74) is 4.16. The van der Waals surface area contributed by atoms with Crippen molar-refractivity contribution in [1.29, 1.82) is 5.26 Å². The summed E-state index contributed by atoms with van der Waals surface area (Å²) in [5, 5.41) is 18.5. The highest BCUT2D eigenvalue weighted by Gasteiger charge is 2.29. The van der Waals surface area contributed by atoms with E-state index < -0.39 is 5.95 Å². The van der Waals surface area contributed by atoms with Crippen LogP contribution >= 0.6 is 0 Å². The van der Waals surface area contributed by atoms with Gasteiger partial charge < -0.3 is 10.2 Å². The number of halogens is 1. The van der Waals surface area contributed by atoms with Gasteiger partial charge in [0.25, 0.3) is 0 Å². The van der Waals surface area contributed by atoms with Gasteiger partial charge in [-0.25, -0.2) is 4.98 Å². The van der Waals surface area contributed by atoms with Gasteiger partial charge in [0, 0.05) is 48.4 Å². The molecule has 1 amide bonds. The number of anilines is 1. The van der Waals surface area contributed by atoms with Crippen LogP contribution in [0.15, 0.2) is 12.1 Å². The first-order chi connectivity index (χ1) is 14.3. The maximum Gasteiger partial charge on any atom is 0.215 e. The van der Waals surface area contributed by atoms with Crippen molar-refractivity contribution < 1.29 is 9.18 Å². The quantitative estimate of drug-likeness (QED) is 0.590. The van der Waals surface area contributed by atoms with Gasteiger partial charge in [0.1, 0.15) is 5.82 Å². The third kappa shape index (κ3) is 5.15. The molecule has 30 heavy (non-hydrogen) atoms. The van der Waals surface area contributed by atoms with Crippen molar-refractivity contribution in [3.05, 3.63) is 29.3 Å². The van der Waals surface area contributed by atoms with Crippen molar-refractivity contribution >= 4 is 12.2 Å². The molecule has 2 aliphatic rings. The molecular formula is C22H29FN6O. The Morgan fingerprint density at radius 1 is 1.47 bits per heavy atom. The van der Waals surface area contributed by atoms with Crippen molar-refractivity contribution in [1.82, 2.24) is 20.1 Å². The monoisotopic (exact) mass is 412 g/mol. The number of nitrogens with one attached hydrogen (secondary N) is 2. The van der Waals surface area contributed by atoms with E-state index in [1.807, 2.05) is 19.1 Å². The van der Waals surface area contributed by atoms with Crippen molar-refractivity contribution in [2.24, 2.45) is 5.41 Å². The van der Waals surface area contributed by atoms with Crippen LogP contribution in [0.1, 0.15) is 51.3 Å². The summed E-state index contributed by atoms with van der Waals surface area (Å²) in [6.45, 7) is 7.67. The summed E-state index contributed by atoms with van der Waals surface area (Å²) in [4.78, 5) is 16.5. The molecule has 1 atom stereocenters. The van der Waals surface area contributed by atoms with E-state index in [0.29, 0.717) is 25.3 Å². The Labute approximate surface area is 176 Å². The number of carbonyl (C=O) groups excluding carboxylic acids is 1. The number of nitrogens with zero attached hydrogens (tertiary/aromatic N) is 4. The molecule has 1 unspecified atom stereocenters. The Morgan fingerprint density at radius 3 is 2.90 bits per heavy atom. The Hall–Kier alpha value is -2.95. The van der Waals surface area contributed by atoms with E-state index in [1.165, 1.54) is 11.6 Å². The number of hydrogen-bond acceptors (Lipinski definition) is 5. The maximum absolute atomic E-state index is 14.1. The molecule has 8 heteroatoms. The van der Waals surface area contributed by atoms with Crippen LogP contribution in [0, 0.1) is 22.7 Å². The molecule has 0 spiro atoms. The second kappa shape index (κ2) is 9.24. The number of likely N-dealkylation sites (tertiary alicyclic amines) is 1.